The Labute approximate surface area is 351 Å². The lowest BCUT2D eigenvalue weighted by Gasteiger charge is -2.39. The molecule has 0 saturated carbocycles. The average Bonchev–Trinajstić information content (AvgIpc) is 3.77. The predicted octanol–water partition coefficient (Wildman–Crippen LogP) is 3.36. The first-order valence-electron chi connectivity index (χ1n) is 19.1. The van der Waals surface area contributed by atoms with E-state index in [1.54, 1.807) is 66.4 Å². The molecule has 61 heavy (non-hydrogen) atoms. The molecule has 0 spiro atoms. The van der Waals surface area contributed by atoms with E-state index in [2.05, 4.69) is 35.7 Å². The number of fused-ring (bicyclic) bond motifs is 3. The van der Waals surface area contributed by atoms with Crippen LogP contribution in [0.2, 0.25) is 0 Å². The smallest absolute Gasteiger partial charge is 0.264 e. The number of nitrogens with one attached hydrogen (secondary N) is 3. The minimum Gasteiger partial charge on any atom is -0.398 e. The second-order valence-corrected chi connectivity index (χ2v) is 15.4. The average molecular weight is 830 g/mol. The molecule has 3 aromatic rings. The number of amides is 8. The molecule has 3 fully saturated rings. The van der Waals surface area contributed by atoms with Gasteiger partial charge in [0.05, 0.1) is 22.3 Å². The summed E-state index contributed by atoms with van der Waals surface area (Å²) in [6.45, 7) is 13.1. The lowest BCUT2D eigenvalue weighted by atomic mass is 9.88. The molecule has 6 aliphatic rings. The van der Waals surface area contributed by atoms with Gasteiger partial charge in [0.1, 0.15) is 17.6 Å². The number of carbonyl (C=O) groups is 8. The van der Waals surface area contributed by atoms with Crippen LogP contribution in [0.4, 0.5) is 17.1 Å². The highest BCUT2D eigenvalue weighted by Crippen LogP contribution is 2.37. The first-order chi connectivity index (χ1) is 28.4. The summed E-state index contributed by atoms with van der Waals surface area (Å²) in [7, 11) is 0. The zero-order chi connectivity index (χ0) is 43.4. The molecule has 3 atom stereocenters. The molecule has 0 radical (unpaired) electrons. The summed E-state index contributed by atoms with van der Waals surface area (Å²) in [6, 6.07) is 13.5. The van der Waals surface area contributed by atoms with Gasteiger partial charge in [-0.2, -0.15) is 0 Å². The van der Waals surface area contributed by atoms with Crippen LogP contribution in [0.3, 0.4) is 0 Å². The first-order valence-corrected chi connectivity index (χ1v) is 19.1. The van der Waals surface area contributed by atoms with E-state index in [1.807, 2.05) is 0 Å². The number of rotatable bonds is 3. The van der Waals surface area contributed by atoms with Gasteiger partial charge in [-0.05, 0) is 81.8 Å². The van der Waals surface area contributed by atoms with E-state index < -0.39 is 47.2 Å². The van der Waals surface area contributed by atoms with Crippen molar-refractivity contribution >= 4 is 64.3 Å². The molecule has 0 aliphatic carbocycles. The number of benzene rings is 3. The van der Waals surface area contributed by atoms with Gasteiger partial charge in [-0.25, -0.2) is 0 Å². The number of piperidine rings is 3. The fraction of sp³-hybridized carbons (Fsp3) is 0.273. The second-order valence-electron chi connectivity index (χ2n) is 15.4. The van der Waals surface area contributed by atoms with Crippen molar-refractivity contribution in [3.8, 4) is 0 Å². The van der Waals surface area contributed by atoms with Crippen LogP contribution in [-0.4, -0.2) is 79.6 Å². The number of hydrogen-bond acceptors (Lipinski definition) is 11. The van der Waals surface area contributed by atoms with Gasteiger partial charge in [0.2, 0.25) is 17.7 Å². The van der Waals surface area contributed by atoms with Gasteiger partial charge in [0.15, 0.2) is 0 Å². The van der Waals surface area contributed by atoms with Crippen molar-refractivity contribution < 1.29 is 38.4 Å². The van der Waals surface area contributed by atoms with Crippen molar-refractivity contribution in [3.63, 3.8) is 0 Å². The first kappa shape index (κ1) is 43.0. The van der Waals surface area contributed by atoms with Crippen LogP contribution in [0.5, 0.6) is 0 Å². The molecule has 3 saturated heterocycles. The number of carbonyl (C=O) groups excluding carboxylic acids is 8. The molecule has 9 N–H and O–H groups in total. The summed E-state index contributed by atoms with van der Waals surface area (Å²) >= 11 is 0. The van der Waals surface area contributed by atoms with Gasteiger partial charge >= 0.3 is 0 Å². The van der Waals surface area contributed by atoms with Crippen LogP contribution in [0.1, 0.15) is 110 Å². The molecule has 8 amide bonds. The third-order valence-electron chi connectivity index (χ3n) is 11.5. The Bertz CT molecular complexity index is 2510. The standard InChI is InChI=1S/C15H15N3O3.C14H13N3O3.C14H15N3O2.CH4/c1-8-6-7-15(2,14(21)17-8)18-12(19)9-4-3-5-10(16)11(9)13(18)20;1-7-5-6-10(12(18)16-7)17-13(19)8-3-2-4-9(15)11(8)14(17)20;1-8-5-6-12(13(18)16-8)17-7-10-9(14(17)19)3-2-4-11(10)15;/h3-5H,1,6-7,16H2,2H3,(H,17,21);2-4,10H,1,5-6,15H2,(H,16,18);2-4,12H,1,5-7,15H2,(H,16,18);1H4. The normalized spacial score (nSPS) is 22.8. The van der Waals surface area contributed by atoms with Crippen molar-refractivity contribution in [2.45, 2.75) is 77.0 Å². The molecule has 9 rings (SSSR count). The quantitative estimate of drug-likeness (QED) is 0.165. The van der Waals surface area contributed by atoms with Gasteiger partial charge < -0.3 is 38.1 Å². The molecule has 0 aromatic heterocycles. The fourth-order valence-electron chi connectivity index (χ4n) is 8.15. The Hall–Kier alpha value is -7.56. The summed E-state index contributed by atoms with van der Waals surface area (Å²) in [5.41, 5.74) is 21.5. The van der Waals surface area contributed by atoms with Gasteiger partial charge in [-0.3, -0.25) is 48.2 Å². The number of nitrogen functional groups attached to an aromatic ring is 3. The maximum atomic E-state index is 12.6. The summed E-state index contributed by atoms with van der Waals surface area (Å²) in [5, 5.41) is 7.91. The molecular weight excluding hydrogens is 783 g/mol. The van der Waals surface area contributed by atoms with E-state index in [-0.39, 0.29) is 58.8 Å². The molecule has 3 aromatic carbocycles. The van der Waals surface area contributed by atoms with Gasteiger partial charge in [0.25, 0.3) is 29.5 Å². The highest BCUT2D eigenvalue weighted by atomic mass is 16.2. The van der Waals surface area contributed by atoms with E-state index in [4.69, 9.17) is 17.2 Å². The van der Waals surface area contributed by atoms with Crippen molar-refractivity contribution in [1.29, 1.82) is 0 Å². The summed E-state index contributed by atoms with van der Waals surface area (Å²) in [4.78, 5) is 102. The Morgan fingerprint density at radius 1 is 0.590 bits per heavy atom. The Kier molecular flexibility index (Phi) is 11.5. The maximum Gasteiger partial charge on any atom is 0.264 e. The van der Waals surface area contributed by atoms with E-state index in [1.165, 1.54) is 0 Å². The lowest BCUT2D eigenvalue weighted by Crippen LogP contribution is -2.60. The second kappa shape index (κ2) is 16.2. The SMILES string of the molecule is C.C=C1CCC(C)(N2C(=O)c3cccc(N)c3C2=O)C(=O)N1.C=C1CCC(N2C(=O)c3cccc(N)c3C2=O)C(=O)N1.C=C1CCC(N2Cc3c(N)cccc3C2=O)C(=O)N1. The molecule has 6 heterocycles. The minimum atomic E-state index is -1.22. The van der Waals surface area contributed by atoms with Crippen LogP contribution in [0.25, 0.3) is 0 Å². The van der Waals surface area contributed by atoms with E-state index >= 15 is 0 Å². The molecule has 17 heteroatoms. The Balaban J connectivity index is 0.000000152. The molecule has 17 nitrogen and oxygen atoms in total. The number of imide groups is 2. The lowest BCUT2D eigenvalue weighted by molar-refractivity contribution is -0.131. The third-order valence-corrected chi connectivity index (χ3v) is 11.5. The van der Waals surface area contributed by atoms with Crippen molar-refractivity contribution in [1.82, 2.24) is 30.7 Å². The van der Waals surface area contributed by atoms with Crippen molar-refractivity contribution in [2.24, 2.45) is 0 Å². The fourth-order valence-corrected chi connectivity index (χ4v) is 8.15. The largest absolute Gasteiger partial charge is 0.398 e. The Morgan fingerprint density at radius 2 is 1.08 bits per heavy atom. The summed E-state index contributed by atoms with van der Waals surface area (Å²) in [6.07, 6.45) is 3.11. The van der Waals surface area contributed by atoms with Gasteiger partial charge in [-0.1, -0.05) is 45.4 Å². The van der Waals surface area contributed by atoms with E-state index in [0.29, 0.717) is 73.4 Å². The summed E-state index contributed by atoms with van der Waals surface area (Å²) in [5.74, 6) is -3.02. The Morgan fingerprint density at radius 3 is 1.59 bits per heavy atom. The highest BCUT2D eigenvalue weighted by molar-refractivity contribution is 6.26. The number of anilines is 3. The minimum absolute atomic E-state index is 0. The predicted molar refractivity (Wildman–Crippen MR) is 226 cm³/mol. The molecular formula is C44H47N9O8. The van der Waals surface area contributed by atoms with Crippen LogP contribution in [0, 0.1) is 0 Å². The molecule has 3 unspecified atom stereocenters. The zero-order valence-electron chi connectivity index (χ0n) is 32.8. The maximum absolute atomic E-state index is 12.6. The van der Waals surface area contributed by atoms with E-state index in [0.717, 1.165) is 15.4 Å². The molecule has 0 bridgehead atoms. The van der Waals surface area contributed by atoms with Crippen LogP contribution in [-0.2, 0) is 20.9 Å². The van der Waals surface area contributed by atoms with E-state index in [9.17, 15) is 38.4 Å². The number of nitrogens with two attached hydrogens (primary N) is 3. The highest BCUT2D eigenvalue weighted by Gasteiger charge is 2.52. The topological polar surface area (TPSA) is 260 Å². The van der Waals surface area contributed by atoms with Gasteiger partial charge in [-0.15, -0.1) is 0 Å². The zero-order valence-corrected chi connectivity index (χ0v) is 32.8. The summed E-state index contributed by atoms with van der Waals surface area (Å²) < 4.78 is 0. The monoisotopic (exact) mass is 829 g/mol. The number of nitrogens with zero attached hydrogens (tertiary/aromatic N) is 3. The molecule has 316 valence electrons. The van der Waals surface area contributed by atoms with Gasteiger partial charge in [0, 0.05) is 51.8 Å². The number of hydrogen-bond donors (Lipinski definition) is 6. The van der Waals surface area contributed by atoms with Crippen LogP contribution >= 0.6 is 0 Å². The third kappa shape index (κ3) is 7.38. The molecule has 6 aliphatic heterocycles. The van der Waals surface area contributed by atoms with Crippen LogP contribution in [0.15, 0.2) is 91.4 Å². The van der Waals surface area contributed by atoms with Crippen molar-refractivity contribution in [3.05, 3.63) is 125 Å². The van der Waals surface area contributed by atoms with Crippen LogP contribution < -0.4 is 33.2 Å². The van der Waals surface area contributed by atoms with Crippen molar-refractivity contribution in [2.75, 3.05) is 17.2 Å². The number of allylic oxidation sites excluding steroid dienone is 3.